The molecule has 4 heterocycles. The van der Waals surface area contributed by atoms with E-state index in [0.717, 1.165) is 74.8 Å². The van der Waals surface area contributed by atoms with Crippen LogP contribution in [0, 0.1) is 5.92 Å². The summed E-state index contributed by atoms with van der Waals surface area (Å²) in [5.41, 5.74) is 8.76. The number of aliphatic hydroxyl groups is 2. The summed E-state index contributed by atoms with van der Waals surface area (Å²) in [7, 11) is 0. The molecule has 2 aliphatic heterocycles. The van der Waals surface area contributed by atoms with Gasteiger partial charge in [0.15, 0.2) is 18.1 Å². The number of carbonyl (C=O) groups excluding carboxylic acids is 2. The Kier molecular flexibility index (Phi) is 25.1. The Hall–Kier alpha value is -7.88. The van der Waals surface area contributed by atoms with E-state index in [-0.39, 0.29) is 34.1 Å². The Morgan fingerprint density at radius 1 is 0.659 bits per heavy atom. The van der Waals surface area contributed by atoms with E-state index < -0.39 is 5.60 Å². The zero-order valence-corrected chi connectivity index (χ0v) is 52.8. The van der Waals surface area contributed by atoms with Crippen LogP contribution in [0.3, 0.4) is 0 Å². The van der Waals surface area contributed by atoms with Crippen molar-refractivity contribution in [2.75, 3.05) is 22.9 Å². The van der Waals surface area contributed by atoms with Gasteiger partial charge in [0.1, 0.15) is 32.0 Å². The van der Waals surface area contributed by atoms with Crippen LogP contribution in [0.1, 0.15) is 64.5 Å². The monoisotopic (exact) mass is 1260 g/mol. The normalized spacial score (nSPS) is 14.7. The van der Waals surface area contributed by atoms with Gasteiger partial charge in [-0.15, -0.1) is 17.9 Å². The Morgan fingerprint density at radius 3 is 1.82 bits per heavy atom. The summed E-state index contributed by atoms with van der Waals surface area (Å²) < 4.78 is 4.70. The molecule has 0 amide bonds. The van der Waals surface area contributed by atoms with Gasteiger partial charge in [0, 0.05) is 51.6 Å². The van der Waals surface area contributed by atoms with Crippen molar-refractivity contribution in [3.8, 4) is 0 Å². The lowest BCUT2D eigenvalue weighted by Gasteiger charge is -2.31. The fraction of sp³-hybridized carbons (Fsp3) is 0.139. The number of fused-ring (bicyclic) bond motifs is 4. The van der Waals surface area contributed by atoms with Gasteiger partial charge < -0.3 is 37.0 Å². The maximum Gasteiger partial charge on any atom is 0.226 e. The molecule has 2 aliphatic rings. The van der Waals surface area contributed by atoms with Crippen LogP contribution in [0.25, 0.3) is 26.2 Å². The van der Waals surface area contributed by atoms with Gasteiger partial charge in [-0.3, -0.25) is 9.59 Å². The summed E-state index contributed by atoms with van der Waals surface area (Å²) in [6.45, 7) is 14.4. The van der Waals surface area contributed by atoms with Gasteiger partial charge in [-0.2, -0.15) is 4.57 Å². The number of rotatable bonds is 14. The number of ketones is 1. The summed E-state index contributed by atoms with van der Waals surface area (Å²) in [5.74, 6) is 0.364. The lowest BCUT2D eigenvalue weighted by Crippen LogP contribution is -3.00. The van der Waals surface area contributed by atoms with E-state index in [1.54, 1.807) is 53.1 Å². The van der Waals surface area contributed by atoms with Crippen LogP contribution in [0.2, 0.25) is 0 Å². The van der Waals surface area contributed by atoms with Crippen LogP contribution < -0.4 is 31.3 Å². The molecule has 3 atom stereocenters. The van der Waals surface area contributed by atoms with Gasteiger partial charge in [0.2, 0.25) is 11.0 Å². The molecule has 12 rings (SSSR count). The molecule has 432 valence electrons. The molecular formula is C72H69BrN4O4S4. The average molecular weight is 1260 g/mol. The quantitative estimate of drug-likeness (QED) is 0.0363. The predicted octanol–water partition coefficient (Wildman–Crippen LogP) is 15.1. The second-order valence-corrected chi connectivity index (χ2v) is 23.3. The zero-order valence-electron chi connectivity index (χ0n) is 48.0. The maximum atomic E-state index is 12.8. The standard InChI is InChI=1S/3C18H17NOS.C11H12NS.C7H6O.BrH/c1-3-13(2)18(20,14-9-5-4-6-10-14)17-19-15-11-7-8-12-16(15)21-17;2*1-2-3-13-19-15-11-7-8-12-16(15)21-18(19)17(20)14-9-5-4-6-10-14;1-2-3-8-12-9-13-11-7-5-4-6-10(11)12;8-6-7-4-2-1-3-5-7;/h3-13,20H,1H2,2H3;2-12,20H,13H2,1H3;2-12,18H,13H2,1H3;2-7,9H,8H2,1H3;1-6H;1H/q;;;+1;;/p-1/b;3-2?,18-17+;;;;. The fourth-order valence-electron chi connectivity index (χ4n) is 9.12. The molecule has 8 nitrogen and oxygen atoms in total. The predicted molar refractivity (Wildman–Crippen MR) is 357 cm³/mol. The lowest BCUT2D eigenvalue weighted by molar-refractivity contribution is -0.656. The Balaban J connectivity index is 0.000000157. The maximum absolute atomic E-state index is 12.8. The molecule has 0 bridgehead atoms. The third kappa shape index (κ3) is 16.5. The number of carbonyl (C=O) groups is 2. The molecule has 2 N–H and O–H groups in total. The first kappa shape index (κ1) is 64.7. The van der Waals surface area contributed by atoms with E-state index in [9.17, 15) is 19.8 Å². The number of benzene rings is 8. The molecule has 8 aromatic carbocycles. The average Bonchev–Trinajstić information content (AvgIpc) is 4.35. The van der Waals surface area contributed by atoms with Gasteiger partial charge in [0.05, 0.1) is 21.6 Å². The summed E-state index contributed by atoms with van der Waals surface area (Å²) in [6, 6.07) is 70.9. The first-order chi connectivity index (χ1) is 41.1. The number of aromatic nitrogens is 2. The van der Waals surface area contributed by atoms with Crippen LogP contribution in [-0.4, -0.2) is 45.7 Å². The molecule has 85 heavy (non-hydrogen) atoms. The highest BCUT2D eigenvalue weighted by atomic mass is 79.9. The van der Waals surface area contributed by atoms with Gasteiger partial charge in [-0.25, -0.2) is 4.98 Å². The van der Waals surface area contributed by atoms with E-state index in [1.165, 1.54) is 31.3 Å². The Labute approximate surface area is 527 Å². The molecule has 10 aromatic rings. The van der Waals surface area contributed by atoms with Gasteiger partial charge in [-0.05, 0) is 74.9 Å². The van der Waals surface area contributed by atoms with Crippen molar-refractivity contribution in [1.29, 1.82) is 0 Å². The van der Waals surface area contributed by atoms with Crippen molar-refractivity contribution in [3.63, 3.8) is 0 Å². The van der Waals surface area contributed by atoms with E-state index in [1.807, 2.05) is 191 Å². The van der Waals surface area contributed by atoms with Crippen molar-refractivity contribution in [3.05, 3.63) is 305 Å². The summed E-state index contributed by atoms with van der Waals surface area (Å²) in [6.07, 6.45) is 15.1. The highest BCUT2D eigenvalue weighted by Gasteiger charge is 2.39. The number of aliphatic hydroxyl groups excluding tert-OH is 1. The van der Waals surface area contributed by atoms with E-state index >= 15 is 0 Å². The zero-order chi connectivity index (χ0) is 59.1. The summed E-state index contributed by atoms with van der Waals surface area (Å²) in [4.78, 5) is 34.1. The Bertz CT molecular complexity index is 3820. The lowest BCUT2D eigenvalue weighted by atomic mass is 9.83. The minimum atomic E-state index is -1.15. The SMILES string of the molecule is C=CC(C)C(O)(c1ccccc1)c1nc2ccccc2s1.CC=CCN1/C(=C(\O)c2ccccc2)Sc2ccccc21.CC=CCN1c2ccccc2SC1C(=O)c1ccccc1.CC=CC[n+]1csc2ccccc21.O=Cc1ccccc1.[Br-]. The van der Waals surface area contributed by atoms with E-state index in [4.69, 9.17) is 0 Å². The minimum Gasteiger partial charge on any atom is -1.00 e. The van der Waals surface area contributed by atoms with E-state index in [2.05, 4.69) is 111 Å². The molecule has 0 saturated carbocycles. The van der Waals surface area contributed by atoms with Crippen LogP contribution in [0.5, 0.6) is 0 Å². The fourth-order valence-corrected chi connectivity index (χ4v) is 13.6. The minimum absolute atomic E-state index is 0. The number of thioether (sulfide) groups is 2. The molecule has 0 saturated heterocycles. The van der Waals surface area contributed by atoms with Crippen molar-refractivity contribution < 1.29 is 41.4 Å². The number of para-hydroxylation sites is 4. The molecule has 2 aromatic heterocycles. The third-order valence-electron chi connectivity index (χ3n) is 13.7. The molecule has 0 spiro atoms. The molecular weight excluding hydrogens is 1190 g/mol. The number of hydrogen-bond acceptors (Lipinski definition) is 11. The second-order valence-electron chi connectivity index (χ2n) is 19.2. The molecule has 3 unspecified atom stereocenters. The smallest absolute Gasteiger partial charge is 0.226 e. The van der Waals surface area contributed by atoms with E-state index in [0.29, 0.717) is 10.8 Å². The summed E-state index contributed by atoms with van der Waals surface area (Å²) in [5, 5.41) is 23.5. The van der Waals surface area contributed by atoms with Crippen molar-refractivity contribution >= 4 is 95.8 Å². The number of Topliss-reactive ketones (excluding diaryl/α,β-unsaturated/α-hetero) is 1. The van der Waals surface area contributed by atoms with Gasteiger partial charge >= 0.3 is 0 Å². The molecule has 13 heteroatoms. The number of anilines is 2. The molecule has 0 fully saturated rings. The number of thiazole rings is 2. The third-order valence-corrected chi connectivity index (χ3v) is 18.3. The highest BCUT2D eigenvalue weighted by molar-refractivity contribution is 8.04. The van der Waals surface area contributed by atoms with Crippen LogP contribution in [-0.2, 0) is 12.1 Å². The Morgan fingerprint density at radius 2 is 1.20 bits per heavy atom. The number of halogens is 1. The second kappa shape index (κ2) is 33.0. The number of allylic oxidation sites excluding steroid dienone is 4. The molecule has 0 aliphatic carbocycles. The number of aldehydes is 1. The van der Waals surface area contributed by atoms with Crippen LogP contribution in [0.15, 0.2) is 288 Å². The number of hydrogen-bond donors (Lipinski definition) is 2. The number of nitrogens with zero attached hydrogens (tertiary/aromatic N) is 4. The van der Waals surface area contributed by atoms with Crippen LogP contribution in [0.4, 0.5) is 11.4 Å². The first-order valence-electron chi connectivity index (χ1n) is 27.7. The molecule has 0 radical (unpaired) electrons. The highest BCUT2D eigenvalue weighted by Crippen LogP contribution is 2.48. The topological polar surface area (TPSA) is 97.8 Å². The first-order valence-corrected chi connectivity index (χ1v) is 31.1. The largest absolute Gasteiger partial charge is 1.00 e. The van der Waals surface area contributed by atoms with Crippen molar-refractivity contribution in [2.45, 2.75) is 55.0 Å². The van der Waals surface area contributed by atoms with Gasteiger partial charge in [-0.1, -0.05) is 248 Å². The van der Waals surface area contributed by atoms with Crippen LogP contribution >= 0.6 is 46.2 Å². The van der Waals surface area contributed by atoms with Crippen molar-refractivity contribution in [1.82, 2.24) is 4.98 Å². The summed E-state index contributed by atoms with van der Waals surface area (Å²) >= 11 is 6.59. The van der Waals surface area contributed by atoms with Gasteiger partial charge in [0.25, 0.3) is 0 Å². The van der Waals surface area contributed by atoms with Crippen molar-refractivity contribution in [2.24, 2.45) is 5.92 Å².